The van der Waals surface area contributed by atoms with Gasteiger partial charge < -0.3 is 9.80 Å². The van der Waals surface area contributed by atoms with Gasteiger partial charge in [0.2, 0.25) is 0 Å². The van der Waals surface area contributed by atoms with Crippen LogP contribution in [0.2, 0.25) is 10.0 Å². The third kappa shape index (κ3) is 1.92. The summed E-state index contributed by atoms with van der Waals surface area (Å²) in [4.78, 5) is 4.21. The molecule has 1 aromatic rings. The molecule has 0 spiro atoms. The van der Waals surface area contributed by atoms with E-state index in [4.69, 9.17) is 23.2 Å². The first kappa shape index (κ1) is 10.7. The molecule has 0 saturated heterocycles. The second-order valence-electron chi connectivity index (χ2n) is 3.67. The van der Waals surface area contributed by atoms with Crippen molar-refractivity contribution in [1.29, 1.82) is 0 Å². The topological polar surface area (TPSA) is 6.48 Å². The van der Waals surface area contributed by atoms with Crippen LogP contribution in [-0.4, -0.2) is 23.9 Å². The first-order chi connectivity index (χ1) is 7.09. The molecular formula is C11H12Cl2N2. The van der Waals surface area contributed by atoms with Crippen molar-refractivity contribution in [3.63, 3.8) is 0 Å². The van der Waals surface area contributed by atoms with Crippen molar-refractivity contribution < 1.29 is 0 Å². The zero-order chi connectivity index (χ0) is 11.0. The monoisotopic (exact) mass is 242 g/mol. The van der Waals surface area contributed by atoms with Crippen molar-refractivity contribution in [2.45, 2.75) is 6.17 Å². The quantitative estimate of drug-likeness (QED) is 0.746. The minimum atomic E-state index is 0.162. The number of hydrogen-bond donors (Lipinski definition) is 0. The van der Waals surface area contributed by atoms with Crippen LogP contribution in [0, 0.1) is 0 Å². The molecule has 0 aliphatic carbocycles. The Balaban J connectivity index is 2.37. The molecule has 0 radical (unpaired) electrons. The van der Waals surface area contributed by atoms with Crippen LogP contribution in [0.25, 0.3) is 0 Å². The van der Waals surface area contributed by atoms with E-state index in [1.165, 1.54) is 0 Å². The highest BCUT2D eigenvalue weighted by Gasteiger charge is 2.24. The van der Waals surface area contributed by atoms with Crippen LogP contribution in [0.15, 0.2) is 30.6 Å². The molecule has 4 heteroatoms. The lowest BCUT2D eigenvalue weighted by molar-refractivity contribution is 0.209. The molecule has 2 nitrogen and oxygen atoms in total. The highest BCUT2D eigenvalue weighted by Crippen LogP contribution is 2.33. The molecule has 1 aliphatic heterocycles. The predicted molar refractivity (Wildman–Crippen MR) is 63.9 cm³/mol. The summed E-state index contributed by atoms with van der Waals surface area (Å²) >= 11 is 12.0. The summed E-state index contributed by atoms with van der Waals surface area (Å²) in [7, 11) is 4.05. The summed E-state index contributed by atoms with van der Waals surface area (Å²) in [5.41, 5.74) is 1.07. The summed E-state index contributed by atoms with van der Waals surface area (Å²) in [6.45, 7) is 0. The summed E-state index contributed by atoms with van der Waals surface area (Å²) in [5, 5.41) is 1.37. The number of hydrogen-bond acceptors (Lipinski definition) is 2. The van der Waals surface area contributed by atoms with Gasteiger partial charge >= 0.3 is 0 Å². The average molecular weight is 243 g/mol. The highest BCUT2D eigenvalue weighted by molar-refractivity contribution is 6.35. The summed E-state index contributed by atoms with van der Waals surface area (Å²) in [6.07, 6.45) is 4.21. The number of rotatable bonds is 1. The second kappa shape index (κ2) is 3.95. The minimum Gasteiger partial charge on any atom is -0.355 e. The Bertz CT molecular complexity index is 392. The SMILES string of the molecule is CN1C=CN(C)C1c1ccc(Cl)cc1Cl. The molecule has 0 bridgehead atoms. The van der Waals surface area contributed by atoms with Crippen molar-refractivity contribution in [2.24, 2.45) is 0 Å². The van der Waals surface area contributed by atoms with Crippen LogP contribution < -0.4 is 0 Å². The maximum Gasteiger partial charge on any atom is 0.128 e. The van der Waals surface area contributed by atoms with Crippen molar-refractivity contribution in [1.82, 2.24) is 9.80 Å². The van der Waals surface area contributed by atoms with Crippen molar-refractivity contribution >= 4 is 23.2 Å². The van der Waals surface area contributed by atoms with Gasteiger partial charge in [-0.3, -0.25) is 0 Å². The molecule has 1 aromatic carbocycles. The molecular weight excluding hydrogens is 231 g/mol. The van der Waals surface area contributed by atoms with Gasteiger partial charge in [-0.15, -0.1) is 0 Å². The molecule has 1 aliphatic rings. The zero-order valence-electron chi connectivity index (χ0n) is 8.61. The van der Waals surface area contributed by atoms with Crippen molar-refractivity contribution in [2.75, 3.05) is 14.1 Å². The van der Waals surface area contributed by atoms with Gasteiger partial charge in [-0.1, -0.05) is 29.3 Å². The Kier molecular flexibility index (Phi) is 2.81. The first-order valence-corrected chi connectivity index (χ1v) is 5.42. The largest absolute Gasteiger partial charge is 0.355 e. The van der Waals surface area contributed by atoms with Gasteiger partial charge in [-0.05, 0) is 12.1 Å². The fourth-order valence-electron chi connectivity index (χ4n) is 1.81. The van der Waals surface area contributed by atoms with Gasteiger partial charge in [-0.25, -0.2) is 0 Å². The second-order valence-corrected chi connectivity index (χ2v) is 4.51. The Morgan fingerprint density at radius 2 is 1.67 bits per heavy atom. The van der Waals surface area contributed by atoms with E-state index < -0.39 is 0 Å². The highest BCUT2D eigenvalue weighted by atomic mass is 35.5. The summed E-state index contributed by atoms with van der Waals surface area (Å²) in [6, 6.07) is 5.61. The van der Waals surface area contributed by atoms with Gasteiger partial charge in [0, 0.05) is 42.1 Å². The Morgan fingerprint density at radius 1 is 1.07 bits per heavy atom. The van der Waals surface area contributed by atoms with Crippen LogP contribution in [0.5, 0.6) is 0 Å². The van der Waals surface area contributed by atoms with Gasteiger partial charge in [-0.2, -0.15) is 0 Å². The lowest BCUT2D eigenvalue weighted by Gasteiger charge is -2.28. The number of nitrogens with zero attached hydrogens (tertiary/aromatic N) is 2. The molecule has 0 N–H and O–H groups in total. The van der Waals surface area contributed by atoms with E-state index >= 15 is 0 Å². The first-order valence-electron chi connectivity index (χ1n) is 4.67. The fourth-order valence-corrected chi connectivity index (χ4v) is 2.32. The standard InChI is InChI=1S/C11H12Cl2N2/c1-14-5-6-15(2)11(14)9-4-3-8(12)7-10(9)13/h3-7,11H,1-2H3. The van der Waals surface area contributed by atoms with E-state index in [1.54, 1.807) is 6.07 Å². The van der Waals surface area contributed by atoms with E-state index in [-0.39, 0.29) is 6.17 Å². The van der Waals surface area contributed by atoms with Crippen LogP contribution >= 0.6 is 23.2 Å². The third-order valence-corrected chi connectivity index (χ3v) is 3.11. The molecule has 0 unspecified atom stereocenters. The van der Waals surface area contributed by atoms with Gasteiger partial charge in [0.15, 0.2) is 0 Å². The number of benzene rings is 1. The Hall–Kier alpha value is -0.860. The van der Waals surface area contributed by atoms with Crippen LogP contribution in [0.1, 0.15) is 11.7 Å². The molecule has 2 rings (SSSR count). The minimum absolute atomic E-state index is 0.162. The van der Waals surface area contributed by atoms with Gasteiger partial charge in [0.25, 0.3) is 0 Å². The molecule has 80 valence electrons. The van der Waals surface area contributed by atoms with Crippen LogP contribution in [0.3, 0.4) is 0 Å². The van der Waals surface area contributed by atoms with Gasteiger partial charge in [0.05, 0.1) is 0 Å². The van der Waals surface area contributed by atoms with Crippen molar-refractivity contribution in [3.05, 3.63) is 46.2 Å². The van der Waals surface area contributed by atoms with Crippen LogP contribution in [-0.2, 0) is 0 Å². The normalized spacial score (nSPS) is 16.5. The Morgan fingerprint density at radius 3 is 2.20 bits per heavy atom. The molecule has 15 heavy (non-hydrogen) atoms. The lowest BCUT2D eigenvalue weighted by Crippen LogP contribution is -2.25. The number of halogens is 2. The smallest absolute Gasteiger partial charge is 0.128 e. The van der Waals surface area contributed by atoms with E-state index in [0.29, 0.717) is 10.0 Å². The van der Waals surface area contributed by atoms with Crippen molar-refractivity contribution in [3.8, 4) is 0 Å². The average Bonchev–Trinajstić information content (AvgIpc) is 2.48. The van der Waals surface area contributed by atoms with E-state index in [9.17, 15) is 0 Å². The van der Waals surface area contributed by atoms with E-state index in [1.807, 2.05) is 38.6 Å². The maximum absolute atomic E-state index is 6.17. The molecule has 0 saturated carbocycles. The summed E-state index contributed by atoms with van der Waals surface area (Å²) < 4.78 is 0. The predicted octanol–water partition coefficient (Wildman–Crippen LogP) is 3.34. The molecule has 1 heterocycles. The lowest BCUT2D eigenvalue weighted by atomic mass is 10.1. The maximum atomic E-state index is 6.17. The summed E-state index contributed by atoms with van der Waals surface area (Å²) in [5.74, 6) is 0. The van der Waals surface area contributed by atoms with E-state index in [2.05, 4.69) is 9.80 Å². The van der Waals surface area contributed by atoms with E-state index in [0.717, 1.165) is 5.56 Å². The Labute approximate surface area is 99.7 Å². The van der Waals surface area contributed by atoms with Crippen LogP contribution in [0.4, 0.5) is 0 Å². The molecule has 0 atom stereocenters. The third-order valence-electron chi connectivity index (χ3n) is 2.55. The van der Waals surface area contributed by atoms with Gasteiger partial charge in [0.1, 0.15) is 6.17 Å². The molecule has 0 amide bonds. The fraction of sp³-hybridized carbons (Fsp3) is 0.273. The molecule has 0 aromatic heterocycles. The molecule has 0 fully saturated rings. The zero-order valence-corrected chi connectivity index (χ0v) is 10.1.